The predicted octanol–water partition coefficient (Wildman–Crippen LogP) is -0.269. The van der Waals surface area contributed by atoms with Gasteiger partial charge in [0.1, 0.15) is 26.6 Å². The maximum absolute atomic E-state index is 10.9. The molecule has 7 nitrogen and oxygen atoms in total. The summed E-state index contributed by atoms with van der Waals surface area (Å²) in [4.78, 5) is -0.628. The van der Waals surface area contributed by atoms with Crippen LogP contribution in [0.5, 0.6) is 0 Å². The largest absolute Gasteiger partial charge is 1.00 e. The average molecular weight is 331 g/mol. The van der Waals surface area contributed by atoms with Crippen LogP contribution in [-0.4, -0.2) is 28.4 Å². The molecular weight excluding hydrogens is 328 g/mol. The van der Waals surface area contributed by atoms with Crippen molar-refractivity contribution in [3.8, 4) is 6.07 Å². The minimum absolute atomic E-state index is 0. The Morgan fingerprint density at radius 3 is 2.69 bits per heavy atom. The number of nitrogens with one attached hydrogen (secondary N) is 1. The zero-order valence-corrected chi connectivity index (χ0v) is 9.73. The molecule has 1 N–H and O–H groups in total. The van der Waals surface area contributed by atoms with Crippen molar-refractivity contribution in [3.05, 3.63) is 17.7 Å². The number of aromatic nitrogens is 3. The molecule has 0 bridgehead atoms. The maximum Gasteiger partial charge on any atom is 1.00 e. The average Bonchev–Trinajstić information content (AvgIpc) is 2.61. The van der Waals surface area contributed by atoms with Crippen molar-refractivity contribution in [2.24, 2.45) is 0 Å². The second-order valence-electron chi connectivity index (χ2n) is 2.72. The van der Waals surface area contributed by atoms with Crippen LogP contribution in [0.25, 0.3) is 11.0 Å². The van der Waals surface area contributed by atoms with Crippen LogP contribution in [0.3, 0.4) is 0 Å². The van der Waals surface area contributed by atoms with Gasteiger partial charge in [-0.15, -0.1) is 5.10 Å². The van der Waals surface area contributed by atoms with Crippen LogP contribution in [-0.2, 0) is 32.5 Å². The van der Waals surface area contributed by atoms with Crippen molar-refractivity contribution in [1.82, 2.24) is 15.4 Å². The van der Waals surface area contributed by atoms with Crippen LogP contribution in [0.2, 0.25) is 0 Å². The summed E-state index contributed by atoms with van der Waals surface area (Å²) in [6.07, 6.45) is 0. The van der Waals surface area contributed by atoms with E-state index in [0.29, 0.717) is 5.52 Å². The van der Waals surface area contributed by atoms with Crippen molar-refractivity contribution >= 4 is 21.2 Å². The number of aromatic amines is 1. The third-order valence-electron chi connectivity index (χ3n) is 1.82. The Balaban J connectivity index is 0.00000128. The van der Waals surface area contributed by atoms with Gasteiger partial charge in [-0.3, -0.25) is 5.10 Å². The van der Waals surface area contributed by atoms with Gasteiger partial charge in [0.25, 0.3) is 0 Å². The number of benzene rings is 1. The van der Waals surface area contributed by atoms with Crippen LogP contribution in [0.15, 0.2) is 17.0 Å². The molecule has 0 spiro atoms. The molecular formula is C7H3AgN4O3S. The Bertz CT molecular complexity index is 672. The Labute approximate surface area is 106 Å². The summed E-state index contributed by atoms with van der Waals surface area (Å²) in [5.41, 5.74) is -0.0427. The number of hydrogen-bond acceptors (Lipinski definition) is 6. The van der Waals surface area contributed by atoms with Gasteiger partial charge in [0.05, 0.1) is 11.1 Å². The van der Waals surface area contributed by atoms with Crippen molar-refractivity contribution in [2.45, 2.75) is 4.90 Å². The monoisotopic (exact) mass is 330 g/mol. The van der Waals surface area contributed by atoms with E-state index in [-0.39, 0.29) is 33.5 Å². The molecule has 0 amide bonds. The quantitative estimate of drug-likeness (QED) is 0.567. The topological polar surface area (TPSA) is 123 Å². The second-order valence-corrected chi connectivity index (χ2v) is 4.03. The van der Waals surface area contributed by atoms with Crippen molar-refractivity contribution < 1.29 is 35.4 Å². The van der Waals surface area contributed by atoms with E-state index in [1.165, 1.54) is 12.1 Å². The van der Waals surface area contributed by atoms with Gasteiger partial charge in [-0.2, -0.15) is 5.26 Å². The molecule has 1 aromatic carbocycles. The maximum atomic E-state index is 10.9. The number of nitrogens with zero attached hydrogens (tertiary/aromatic N) is 3. The molecule has 0 aliphatic rings. The molecule has 0 atom stereocenters. The van der Waals surface area contributed by atoms with Gasteiger partial charge in [-0.1, -0.05) is 5.21 Å². The molecule has 16 heavy (non-hydrogen) atoms. The summed E-state index contributed by atoms with van der Waals surface area (Å²) in [5.74, 6) is 0. The van der Waals surface area contributed by atoms with E-state index >= 15 is 0 Å². The standard InChI is InChI=1S/C7H4N4O3S.Ag/c8-3-4-1-2-5-6(10-11-9-5)7(4)15(12,13)14;/h1-2H,(H,9,10,11)(H,12,13,14);/q;+1/p-1. The number of H-pyrrole nitrogens is 1. The van der Waals surface area contributed by atoms with Gasteiger partial charge < -0.3 is 4.55 Å². The van der Waals surface area contributed by atoms with Gasteiger partial charge in [0.15, 0.2) is 0 Å². The molecule has 0 aliphatic carbocycles. The summed E-state index contributed by atoms with van der Waals surface area (Å²) < 4.78 is 32.8. The predicted molar refractivity (Wildman–Crippen MR) is 46.6 cm³/mol. The smallest absolute Gasteiger partial charge is 0.744 e. The molecule has 2 aromatic rings. The first-order valence-electron chi connectivity index (χ1n) is 3.74. The molecule has 86 valence electrons. The molecule has 0 saturated carbocycles. The fourth-order valence-corrected chi connectivity index (χ4v) is 2.00. The van der Waals surface area contributed by atoms with Crippen LogP contribution in [0.1, 0.15) is 5.56 Å². The number of nitriles is 1. The molecule has 9 heteroatoms. The molecule has 0 radical (unpaired) electrons. The van der Waals surface area contributed by atoms with Gasteiger partial charge in [0.2, 0.25) is 0 Å². The van der Waals surface area contributed by atoms with Gasteiger partial charge >= 0.3 is 22.4 Å². The van der Waals surface area contributed by atoms with Crippen LogP contribution >= 0.6 is 0 Å². The number of fused-ring (bicyclic) bond motifs is 1. The Morgan fingerprint density at radius 1 is 1.44 bits per heavy atom. The summed E-state index contributed by atoms with van der Waals surface area (Å²) in [6, 6.07) is 4.29. The van der Waals surface area contributed by atoms with E-state index in [2.05, 4.69) is 15.4 Å². The summed E-state index contributed by atoms with van der Waals surface area (Å²) in [6.45, 7) is 0. The van der Waals surface area contributed by atoms with Crippen LogP contribution < -0.4 is 0 Å². The third-order valence-corrected chi connectivity index (χ3v) is 2.74. The van der Waals surface area contributed by atoms with E-state index in [0.717, 1.165) is 0 Å². The summed E-state index contributed by atoms with van der Waals surface area (Å²) in [7, 11) is -4.74. The minimum Gasteiger partial charge on any atom is -0.744 e. The molecule has 0 saturated heterocycles. The SMILES string of the molecule is N#Cc1ccc2[nH]nnc2c1S(=O)(=O)[O-].[Ag+]. The van der Waals surface area contributed by atoms with E-state index in [1.54, 1.807) is 6.07 Å². The van der Waals surface area contributed by atoms with E-state index in [4.69, 9.17) is 5.26 Å². The van der Waals surface area contributed by atoms with E-state index < -0.39 is 15.0 Å². The van der Waals surface area contributed by atoms with Crippen molar-refractivity contribution in [2.75, 3.05) is 0 Å². The fraction of sp³-hybridized carbons (Fsp3) is 0. The second kappa shape index (κ2) is 4.33. The normalized spacial score (nSPS) is 10.8. The molecule has 1 heterocycles. The first-order valence-corrected chi connectivity index (χ1v) is 5.14. The van der Waals surface area contributed by atoms with Crippen LogP contribution in [0, 0.1) is 11.3 Å². The fourth-order valence-electron chi connectivity index (χ4n) is 1.23. The molecule has 2 rings (SSSR count). The summed E-state index contributed by atoms with van der Waals surface area (Å²) >= 11 is 0. The number of hydrogen-bond donors (Lipinski definition) is 1. The van der Waals surface area contributed by atoms with Gasteiger partial charge in [0, 0.05) is 0 Å². The molecule has 0 fully saturated rings. The first-order chi connectivity index (χ1) is 7.04. The zero-order valence-electron chi connectivity index (χ0n) is 7.43. The first kappa shape index (κ1) is 12.8. The van der Waals surface area contributed by atoms with E-state index in [1.807, 2.05) is 0 Å². The third kappa shape index (κ3) is 1.99. The van der Waals surface area contributed by atoms with Crippen LogP contribution in [0.4, 0.5) is 0 Å². The summed E-state index contributed by atoms with van der Waals surface area (Å²) in [5, 5.41) is 17.9. The molecule has 0 aliphatic heterocycles. The zero-order chi connectivity index (χ0) is 11.1. The Morgan fingerprint density at radius 2 is 2.12 bits per heavy atom. The van der Waals surface area contributed by atoms with Crippen molar-refractivity contribution in [1.29, 1.82) is 5.26 Å². The molecule has 1 aromatic heterocycles. The van der Waals surface area contributed by atoms with E-state index in [9.17, 15) is 13.0 Å². The van der Waals surface area contributed by atoms with Crippen molar-refractivity contribution in [3.63, 3.8) is 0 Å². The van der Waals surface area contributed by atoms with Gasteiger partial charge in [-0.25, -0.2) is 8.42 Å². The van der Waals surface area contributed by atoms with Gasteiger partial charge in [-0.05, 0) is 12.1 Å². The Kier molecular flexibility index (Phi) is 3.47. The minimum atomic E-state index is -4.74. The Hall–Kier alpha value is -1.24. The number of rotatable bonds is 1. The molecule has 0 unspecified atom stereocenters.